The lowest BCUT2D eigenvalue weighted by Crippen LogP contribution is -2.56. The van der Waals surface area contributed by atoms with Crippen molar-refractivity contribution in [3.05, 3.63) is 65.7 Å². The van der Waals surface area contributed by atoms with Crippen LogP contribution in [0.1, 0.15) is 36.0 Å². The first-order valence-electron chi connectivity index (χ1n) is 11.2. The minimum Gasteiger partial charge on any atom is -0.410 e. The molecular weight excluding hydrogens is 446 g/mol. The number of nitrogens with two attached hydrogens (primary N) is 1. The number of para-hydroxylation sites is 1. The largest absolute Gasteiger partial charge is 0.417 e. The zero-order valence-corrected chi connectivity index (χ0v) is 18.5. The Morgan fingerprint density at radius 3 is 2.18 bits per heavy atom. The molecular formula is C24H26F2N4O4. The Morgan fingerprint density at radius 1 is 0.912 bits per heavy atom. The number of carbonyl (C=O) groups is 3. The van der Waals surface area contributed by atoms with Crippen molar-refractivity contribution in [1.82, 2.24) is 15.1 Å². The zero-order chi connectivity index (χ0) is 24.2. The number of nitrogens with one attached hydrogen (secondary N) is 1. The van der Waals surface area contributed by atoms with E-state index in [1.165, 1.54) is 0 Å². The second kappa shape index (κ2) is 10.2. The van der Waals surface area contributed by atoms with Crippen LogP contribution in [0.15, 0.2) is 48.5 Å². The van der Waals surface area contributed by atoms with Crippen LogP contribution in [0.4, 0.5) is 13.6 Å². The number of carbonyl (C=O) groups excluding carboxylic acids is 3. The van der Waals surface area contributed by atoms with Gasteiger partial charge in [0.1, 0.15) is 17.4 Å². The third kappa shape index (κ3) is 5.33. The van der Waals surface area contributed by atoms with Gasteiger partial charge in [-0.1, -0.05) is 18.2 Å². The summed E-state index contributed by atoms with van der Waals surface area (Å²) < 4.78 is 32.9. The van der Waals surface area contributed by atoms with Crippen molar-refractivity contribution in [2.45, 2.75) is 43.9 Å². The summed E-state index contributed by atoms with van der Waals surface area (Å²) >= 11 is 0. The van der Waals surface area contributed by atoms with Crippen molar-refractivity contribution < 1.29 is 27.9 Å². The highest BCUT2D eigenvalue weighted by molar-refractivity contribution is 5.99. The standard InChI is InChI=1S/C24H26F2N4O4/c25-16-12-15(13-17(26)14-16)23(32)29-10-11-30(24(33)34-20-4-2-1-3-5-20)22(29)21(31)28-19-8-6-18(27)7-9-19/h1-5,12-14,18-19,22H,6-11,27H2,(H,28,31). The molecule has 0 spiro atoms. The Hall–Kier alpha value is -3.53. The van der Waals surface area contributed by atoms with Crippen molar-refractivity contribution in [2.24, 2.45) is 5.73 Å². The summed E-state index contributed by atoms with van der Waals surface area (Å²) in [6.45, 7) is 0.0112. The van der Waals surface area contributed by atoms with Crippen LogP contribution in [0.2, 0.25) is 0 Å². The van der Waals surface area contributed by atoms with Crippen molar-refractivity contribution in [2.75, 3.05) is 13.1 Å². The molecule has 1 aliphatic heterocycles. The van der Waals surface area contributed by atoms with Gasteiger partial charge >= 0.3 is 6.09 Å². The Bertz CT molecular complexity index is 1040. The molecule has 8 nitrogen and oxygen atoms in total. The number of benzene rings is 2. The minimum atomic E-state index is -1.33. The summed E-state index contributed by atoms with van der Waals surface area (Å²) in [6, 6.07) is 10.7. The van der Waals surface area contributed by atoms with E-state index in [9.17, 15) is 23.2 Å². The van der Waals surface area contributed by atoms with E-state index in [4.69, 9.17) is 10.5 Å². The van der Waals surface area contributed by atoms with Crippen LogP contribution in [0.3, 0.4) is 0 Å². The van der Waals surface area contributed by atoms with E-state index in [2.05, 4.69) is 5.32 Å². The highest BCUT2D eigenvalue weighted by Gasteiger charge is 2.44. The fourth-order valence-electron chi connectivity index (χ4n) is 4.35. The number of halogens is 2. The van der Waals surface area contributed by atoms with E-state index in [1.54, 1.807) is 30.3 Å². The van der Waals surface area contributed by atoms with Crippen molar-refractivity contribution in [1.29, 1.82) is 0 Å². The van der Waals surface area contributed by atoms with Gasteiger partial charge in [0.15, 0.2) is 6.17 Å². The molecule has 1 saturated heterocycles. The van der Waals surface area contributed by atoms with Crippen LogP contribution in [0.5, 0.6) is 5.75 Å². The highest BCUT2D eigenvalue weighted by atomic mass is 19.1. The molecule has 1 atom stereocenters. The summed E-state index contributed by atoms with van der Waals surface area (Å²) in [6.07, 6.45) is 0.721. The SMILES string of the molecule is NC1CCC(NC(=O)C2N(C(=O)Oc3ccccc3)CCN2C(=O)c2cc(F)cc(F)c2)CC1. The molecule has 3 N–H and O–H groups in total. The summed E-state index contributed by atoms with van der Waals surface area (Å²) in [5.74, 6) is -2.87. The van der Waals surface area contributed by atoms with Gasteiger partial charge in [0, 0.05) is 36.8 Å². The van der Waals surface area contributed by atoms with Gasteiger partial charge in [0.2, 0.25) is 0 Å². The van der Waals surface area contributed by atoms with Gasteiger partial charge in [0.05, 0.1) is 0 Å². The second-order valence-corrected chi connectivity index (χ2v) is 8.53. The van der Waals surface area contributed by atoms with Gasteiger partial charge in [-0.3, -0.25) is 14.5 Å². The smallest absolute Gasteiger partial charge is 0.410 e. The molecule has 1 saturated carbocycles. The van der Waals surface area contributed by atoms with Crippen LogP contribution in [0.25, 0.3) is 0 Å². The van der Waals surface area contributed by atoms with E-state index >= 15 is 0 Å². The van der Waals surface area contributed by atoms with Crippen LogP contribution in [-0.4, -0.2) is 59.0 Å². The average Bonchev–Trinajstić information content (AvgIpc) is 3.25. The van der Waals surface area contributed by atoms with E-state index in [1.807, 2.05) is 0 Å². The molecule has 0 bridgehead atoms. The van der Waals surface area contributed by atoms with Gasteiger partial charge < -0.3 is 20.7 Å². The second-order valence-electron chi connectivity index (χ2n) is 8.53. The van der Waals surface area contributed by atoms with Crippen LogP contribution in [-0.2, 0) is 4.79 Å². The average molecular weight is 472 g/mol. The topological polar surface area (TPSA) is 105 Å². The zero-order valence-electron chi connectivity index (χ0n) is 18.5. The van der Waals surface area contributed by atoms with Crippen LogP contribution < -0.4 is 15.8 Å². The van der Waals surface area contributed by atoms with Gasteiger partial charge in [-0.25, -0.2) is 13.6 Å². The van der Waals surface area contributed by atoms with Gasteiger partial charge in [0.25, 0.3) is 11.8 Å². The molecule has 2 aromatic rings. The van der Waals surface area contributed by atoms with E-state index < -0.39 is 35.7 Å². The minimum absolute atomic E-state index is 0.00547. The molecule has 10 heteroatoms. The molecule has 1 heterocycles. The third-order valence-corrected chi connectivity index (χ3v) is 6.08. The molecule has 2 fully saturated rings. The first-order valence-corrected chi connectivity index (χ1v) is 11.2. The first kappa shape index (κ1) is 23.6. The summed E-state index contributed by atoms with van der Waals surface area (Å²) in [4.78, 5) is 41.7. The van der Waals surface area contributed by atoms with E-state index in [0.717, 1.165) is 34.8 Å². The van der Waals surface area contributed by atoms with Crippen molar-refractivity contribution >= 4 is 17.9 Å². The number of hydrogen-bond acceptors (Lipinski definition) is 5. The molecule has 2 aromatic carbocycles. The molecule has 1 aliphatic carbocycles. The lowest BCUT2D eigenvalue weighted by atomic mass is 9.92. The molecule has 3 amide bonds. The quantitative estimate of drug-likeness (QED) is 0.712. The van der Waals surface area contributed by atoms with Crippen LogP contribution >= 0.6 is 0 Å². The summed E-state index contributed by atoms with van der Waals surface area (Å²) in [7, 11) is 0. The molecule has 0 radical (unpaired) electrons. The van der Waals surface area contributed by atoms with Crippen molar-refractivity contribution in [3.63, 3.8) is 0 Å². The molecule has 0 aromatic heterocycles. The monoisotopic (exact) mass is 472 g/mol. The highest BCUT2D eigenvalue weighted by Crippen LogP contribution is 2.23. The maximum absolute atomic E-state index is 13.7. The maximum Gasteiger partial charge on any atom is 0.417 e. The Morgan fingerprint density at radius 2 is 1.53 bits per heavy atom. The number of nitrogens with zero attached hydrogens (tertiary/aromatic N) is 2. The fourth-order valence-corrected chi connectivity index (χ4v) is 4.35. The third-order valence-electron chi connectivity index (χ3n) is 6.08. The normalized spacial score (nSPS) is 22.4. The van der Waals surface area contributed by atoms with Crippen molar-refractivity contribution in [3.8, 4) is 5.75 Å². The molecule has 4 rings (SSSR count). The van der Waals surface area contributed by atoms with Crippen LogP contribution in [0, 0.1) is 11.6 Å². The summed E-state index contributed by atoms with van der Waals surface area (Å²) in [5.41, 5.74) is 5.69. The van der Waals surface area contributed by atoms with E-state index in [-0.39, 0.29) is 36.5 Å². The van der Waals surface area contributed by atoms with E-state index in [0.29, 0.717) is 18.9 Å². The predicted octanol–water partition coefficient (Wildman–Crippen LogP) is 2.63. The van der Waals surface area contributed by atoms with Gasteiger partial charge in [-0.15, -0.1) is 0 Å². The number of ether oxygens (including phenoxy) is 1. The van der Waals surface area contributed by atoms with Gasteiger partial charge in [-0.2, -0.15) is 0 Å². The Balaban J connectivity index is 1.57. The predicted molar refractivity (Wildman–Crippen MR) is 119 cm³/mol. The maximum atomic E-state index is 13.7. The molecule has 34 heavy (non-hydrogen) atoms. The summed E-state index contributed by atoms with van der Waals surface area (Å²) in [5, 5.41) is 2.90. The fraction of sp³-hybridized carbons (Fsp3) is 0.375. The number of hydrogen-bond donors (Lipinski definition) is 2. The number of rotatable bonds is 4. The number of amides is 3. The van der Waals surface area contributed by atoms with Gasteiger partial charge in [-0.05, 0) is 49.9 Å². The molecule has 2 aliphatic rings. The Labute approximate surface area is 195 Å². The lowest BCUT2D eigenvalue weighted by Gasteiger charge is -2.32. The Kier molecular flexibility index (Phi) is 7.06. The molecule has 1 unspecified atom stereocenters. The first-order chi connectivity index (χ1) is 16.3. The lowest BCUT2D eigenvalue weighted by molar-refractivity contribution is -0.129. The molecule has 180 valence electrons.